The number of nitrogens with one attached hydrogen (secondary N) is 2. The molecule has 1 saturated heterocycles. The van der Waals surface area contributed by atoms with Crippen LogP contribution in [0.1, 0.15) is 25.3 Å². The lowest BCUT2D eigenvalue weighted by Crippen LogP contribution is -2.40. The fourth-order valence-corrected chi connectivity index (χ4v) is 2.51. The molecule has 1 aliphatic heterocycles. The average Bonchev–Trinajstić information content (AvgIpc) is 2.54. The quantitative estimate of drug-likeness (QED) is 0.838. The molecule has 1 aromatic rings. The van der Waals surface area contributed by atoms with Gasteiger partial charge < -0.3 is 20.1 Å². The van der Waals surface area contributed by atoms with Crippen LogP contribution >= 0.6 is 0 Å². The molecule has 0 spiro atoms. The van der Waals surface area contributed by atoms with Crippen LogP contribution in [-0.4, -0.2) is 32.7 Å². The zero-order valence-electron chi connectivity index (χ0n) is 12.8. The molecular weight excluding hydrogens is 268 g/mol. The normalized spacial score (nSPS) is 18.1. The summed E-state index contributed by atoms with van der Waals surface area (Å²) in [5, 5.41) is 6.25. The number of amides is 1. The third-order valence-electron chi connectivity index (χ3n) is 3.66. The minimum Gasteiger partial charge on any atom is -0.493 e. The van der Waals surface area contributed by atoms with Gasteiger partial charge in [-0.05, 0) is 44.0 Å². The highest BCUT2D eigenvalue weighted by Crippen LogP contribution is 2.28. The molecule has 1 fully saturated rings. The number of hydrogen-bond donors (Lipinski definition) is 2. The van der Waals surface area contributed by atoms with Crippen LogP contribution in [0.2, 0.25) is 0 Å². The Balaban J connectivity index is 1.91. The van der Waals surface area contributed by atoms with Crippen molar-refractivity contribution < 1.29 is 14.3 Å². The number of piperidine rings is 1. The maximum Gasteiger partial charge on any atom is 0.224 e. The van der Waals surface area contributed by atoms with Crippen molar-refractivity contribution in [3.8, 4) is 11.5 Å². The summed E-state index contributed by atoms with van der Waals surface area (Å²) in [4.78, 5) is 12.1. The van der Waals surface area contributed by atoms with Gasteiger partial charge in [0.2, 0.25) is 5.91 Å². The summed E-state index contributed by atoms with van der Waals surface area (Å²) in [6, 6.07) is 5.74. The SMILES string of the molecule is CCOc1ccc(CNC(=O)C2CCCNC2)cc1OC. The molecule has 2 rings (SSSR count). The lowest BCUT2D eigenvalue weighted by atomic mass is 9.99. The predicted molar refractivity (Wildman–Crippen MR) is 81.6 cm³/mol. The molecule has 1 aliphatic rings. The summed E-state index contributed by atoms with van der Waals surface area (Å²) in [5.41, 5.74) is 1.01. The van der Waals surface area contributed by atoms with Gasteiger partial charge in [0, 0.05) is 13.1 Å². The highest BCUT2D eigenvalue weighted by molar-refractivity contribution is 5.79. The number of hydrogen-bond acceptors (Lipinski definition) is 4. The molecule has 2 N–H and O–H groups in total. The Morgan fingerprint density at radius 3 is 2.95 bits per heavy atom. The van der Waals surface area contributed by atoms with Crippen LogP contribution in [-0.2, 0) is 11.3 Å². The molecule has 0 aromatic heterocycles. The lowest BCUT2D eigenvalue weighted by Gasteiger charge is -2.22. The minimum absolute atomic E-state index is 0.0864. The molecule has 1 heterocycles. The number of rotatable bonds is 6. The molecule has 1 unspecified atom stereocenters. The third-order valence-corrected chi connectivity index (χ3v) is 3.66. The maximum absolute atomic E-state index is 12.1. The van der Waals surface area contributed by atoms with Crippen LogP contribution in [0.5, 0.6) is 11.5 Å². The fraction of sp³-hybridized carbons (Fsp3) is 0.562. The molecule has 21 heavy (non-hydrogen) atoms. The van der Waals surface area contributed by atoms with Crippen molar-refractivity contribution in [1.29, 1.82) is 0 Å². The smallest absolute Gasteiger partial charge is 0.224 e. The van der Waals surface area contributed by atoms with E-state index in [2.05, 4.69) is 10.6 Å². The highest BCUT2D eigenvalue weighted by Gasteiger charge is 2.20. The van der Waals surface area contributed by atoms with Crippen LogP contribution in [0.3, 0.4) is 0 Å². The van der Waals surface area contributed by atoms with Crippen molar-refractivity contribution >= 4 is 5.91 Å². The summed E-state index contributed by atoms with van der Waals surface area (Å²) in [5.74, 6) is 1.63. The number of methoxy groups -OCH3 is 1. The predicted octanol–water partition coefficient (Wildman–Crippen LogP) is 1.71. The van der Waals surface area contributed by atoms with E-state index in [1.165, 1.54) is 0 Å². The van der Waals surface area contributed by atoms with Gasteiger partial charge in [0.05, 0.1) is 19.6 Å². The summed E-state index contributed by atoms with van der Waals surface area (Å²) < 4.78 is 10.8. The minimum atomic E-state index is 0.0864. The maximum atomic E-state index is 12.1. The Morgan fingerprint density at radius 1 is 1.43 bits per heavy atom. The monoisotopic (exact) mass is 292 g/mol. The zero-order valence-corrected chi connectivity index (χ0v) is 12.8. The zero-order chi connectivity index (χ0) is 15.1. The molecule has 0 radical (unpaired) electrons. The summed E-state index contributed by atoms with van der Waals surface area (Å²) in [6.45, 7) is 4.84. The molecule has 0 saturated carbocycles. The first-order valence-electron chi connectivity index (χ1n) is 7.52. The third kappa shape index (κ3) is 4.36. The van der Waals surface area contributed by atoms with Gasteiger partial charge in [0.25, 0.3) is 0 Å². The van der Waals surface area contributed by atoms with Gasteiger partial charge in [-0.15, -0.1) is 0 Å². The van der Waals surface area contributed by atoms with Gasteiger partial charge in [-0.25, -0.2) is 0 Å². The second kappa shape index (κ2) is 7.88. The van der Waals surface area contributed by atoms with E-state index in [-0.39, 0.29) is 11.8 Å². The number of ether oxygens (including phenoxy) is 2. The molecule has 0 bridgehead atoms. The molecule has 116 valence electrons. The van der Waals surface area contributed by atoms with E-state index in [1.54, 1.807) is 7.11 Å². The topological polar surface area (TPSA) is 59.6 Å². The van der Waals surface area contributed by atoms with Gasteiger partial charge in [0.15, 0.2) is 11.5 Å². The van der Waals surface area contributed by atoms with E-state index in [9.17, 15) is 4.79 Å². The van der Waals surface area contributed by atoms with E-state index >= 15 is 0 Å². The van der Waals surface area contributed by atoms with Gasteiger partial charge in [-0.2, -0.15) is 0 Å². The second-order valence-electron chi connectivity index (χ2n) is 5.18. The molecular formula is C16H24N2O3. The Kier molecular flexibility index (Phi) is 5.87. The van der Waals surface area contributed by atoms with Crippen molar-refractivity contribution in [2.75, 3.05) is 26.8 Å². The standard InChI is InChI=1S/C16H24N2O3/c1-3-21-14-7-6-12(9-15(14)20-2)10-18-16(19)13-5-4-8-17-11-13/h6-7,9,13,17H,3-5,8,10-11H2,1-2H3,(H,18,19). The molecule has 1 aromatic carbocycles. The summed E-state index contributed by atoms with van der Waals surface area (Å²) in [7, 11) is 1.62. The van der Waals surface area contributed by atoms with Crippen molar-refractivity contribution in [2.24, 2.45) is 5.92 Å². The van der Waals surface area contributed by atoms with Crippen LogP contribution in [0.25, 0.3) is 0 Å². The summed E-state index contributed by atoms with van der Waals surface area (Å²) in [6.07, 6.45) is 2.03. The van der Waals surface area contributed by atoms with Crippen LogP contribution in [0.15, 0.2) is 18.2 Å². The van der Waals surface area contributed by atoms with Crippen molar-refractivity contribution in [3.05, 3.63) is 23.8 Å². The van der Waals surface area contributed by atoms with Crippen LogP contribution in [0.4, 0.5) is 0 Å². The fourth-order valence-electron chi connectivity index (χ4n) is 2.51. The van der Waals surface area contributed by atoms with Gasteiger partial charge in [-0.1, -0.05) is 6.07 Å². The Hall–Kier alpha value is -1.75. The first kappa shape index (κ1) is 15.6. The van der Waals surface area contributed by atoms with E-state index in [1.807, 2.05) is 25.1 Å². The first-order chi connectivity index (χ1) is 10.2. The Bertz CT molecular complexity index is 471. The van der Waals surface area contributed by atoms with Crippen molar-refractivity contribution in [3.63, 3.8) is 0 Å². The van der Waals surface area contributed by atoms with Crippen molar-refractivity contribution in [1.82, 2.24) is 10.6 Å². The second-order valence-corrected chi connectivity index (χ2v) is 5.18. The average molecular weight is 292 g/mol. The van der Waals surface area contributed by atoms with Gasteiger partial charge in [-0.3, -0.25) is 4.79 Å². The summed E-state index contributed by atoms with van der Waals surface area (Å²) >= 11 is 0. The molecule has 5 nitrogen and oxygen atoms in total. The number of benzene rings is 1. The van der Waals surface area contributed by atoms with E-state index in [0.29, 0.717) is 18.9 Å². The molecule has 1 amide bonds. The number of carbonyl (C=O) groups is 1. The van der Waals surface area contributed by atoms with Gasteiger partial charge in [0.1, 0.15) is 0 Å². The van der Waals surface area contributed by atoms with E-state index in [4.69, 9.17) is 9.47 Å². The molecule has 0 aliphatic carbocycles. The first-order valence-corrected chi connectivity index (χ1v) is 7.52. The largest absolute Gasteiger partial charge is 0.493 e. The van der Waals surface area contributed by atoms with Crippen LogP contribution < -0.4 is 20.1 Å². The Morgan fingerprint density at radius 2 is 2.29 bits per heavy atom. The van der Waals surface area contributed by atoms with Gasteiger partial charge >= 0.3 is 0 Å². The van der Waals surface area contributed by atoms with E-state index < -0.39 is 0 Å². The van der Waals surface area contributed by atoms with E-state index in [0.717, 1.165) is 37.2 Å². The highest BCUT2D eigenvalue weighted by atomic mass is 16.5. The Labute approximate surface area is 126 Å². The van der Waals surface area contributed by atoms with Crippen molar-refractivity contribution in [2.45, 2.75) is 26.3 Å². The van der Waals surface area contributed by atoms with Crippen LogP contribution in [0, 0.1) is 5.92 Å². The number of carbonyl (C=O) groups excluding carboxylic acids is 1. The molecule has 1 atom stereocenters. The molecule has 5 heteroatoms. The lowest BCUT2D eigenvalue weighted by molar-refractivity contribution is -0.125.